The normalized spacial score (nSPS) is 12.9. The van der Waals surface area contributed by atoms with Crippen molar-refractivity contribution in [3.63, 3.8) is 0 Å². The highest BCUT2D eigenvalue weighted by molar-refractivity contribution is 7.18. The molecule has 0 aliphatic heterocycles. The number of nitrogens with two attached hydrogens (primary N) is 1. The maximum atomic E-state index is 10.7. The largest absolute Gasteiger partial charge is 0.507 e. The molecule has 0 saturated heterocycles. The summed E-state index contributed by atoms with van der Waals surface area (Å²) in [7, 11) is 4.20. The molecule has 27 heavy (non-hydrogen) atoms. The summed E-state index contributed by atoms with van der Waals surface area (Å²) in [5.41, 5.74) is 9.99. The molecule has 1 atom stereocenters. The second kappa shape index (κ2) is 6.83. The maximum Gasteiger partial charge on any atom is 0.142 e. The van der Waals surface area contributed by atoms with Gasteiger partial charge in [-0.2, -0.15) is 0 Å². The number of pyridine rings is 1. The van der Waals surface area contributed by atoms with Crippen LogP contribution in [0.4, 0.5) is 5.82 Å². The van der Waals surface area contributed by atoms with E-state index >= 15 is 0 Å². The summed E-state index contributed by atoms with van der Waals surface area (Å²) in [5, 5.41) is 14.7. The van der Waals surface area contributed by atoms with Gasteiger partial charge in [0.25, 0.3) is 0 Å². The fourth-order valence-corrected chi connectivity index (χ4v) is 4.70. The molecule has 2 heterocycles. The number of aromatic nitrogens is 1. The fourth-order valence-electron chi connectivity index (χ4n) is 3.89. The van der Waals surface area contributed by atoms with E-state index < -0.39 is 0 Å². The van der Waals surface area contributed by atoms with Crippen molar-refractivity contribution >= 4 is 38.1 Å². The van der Waals surface area contributed by atoms with Crippen molar-refractivity contribution in [3.05, 3.63) is 53.4 Å². The molecule has 0 radical (unpaired) electrons. The van der Waals surface area contributed by atoms with Crippen LogP contribution in [0.15, 0.2) is 47.8 Å². The quantitative estimate of drug-likeness (QED) is 0.499. The third-order valence-corrected chi connectivity index (χ3v) is 6.10. The van der Waals surface area contributed by atoms with Gasteiger partial charge >= 0.3 is 0 Å². The number of hydrogen-bond acceptors (Lipinski definition) is 5. The number of anilines is 1. The first-order valence-corrected chi connectivity index (χ1v) is 9.94. The SMILES string of the molecule is CC[C@H](c1ccc(-c2c(O)ccc3nc(N)c4sccc4c23)cc1)N(C)C. The molecule has 0 fully saturated rings. The molecular weight excluding hydrogens is 354 g/mol. The van der Waals surface area contributed by atoms with Crippen LogP contribution in [-0.2, 0) is 0 Å². The highest BCUT2D eigenvalue weighted by Gasteiger charge is 2.17. The molecule has 0 unspecified atom stereocenters. The Hall–Kier alpha value is -2.63. The number of nitrogen functional groups attached to an aromatic ring is 1. The number of benzene rings is 2. The number of phenols is 1. The molecule has 138 valence electrons. The predicted molar refractivity (Wildman–Crippen MR) is 115 cm³/mol. The summed E-state index contributed by atoms with van der Waals surface area (Å²) in [6.45, 7) is 2.19. The first kappa shape index (κ1) is 17.8. The number of rotatable bonds is 4. The van der Waals surface area contributed by atoms with Crippen molar-refractivity contribution in [1.82, 2.24) is 9.88 Å². The van der Waals surface area contributed by atoms with Gasteiger partial charge in [0.1, 0.15) is 11.6 Å². The Morgan fingerprint density at radius 1 is 1.11 bits per heavy atom. The second-order valence-electron chi connectivity index (χ2n) is 7.02. The Labute approximate surface area is 162 Å². The van der Waals surface area contributed by atoms with Crippen LogP contribution in [0.25, 0.3) is 32.1 Å². The lowest BCUT2D eigenvalue weighted by molar-refractivity contribution is 0.292. The van der Waals surface area contributed by atoms with Crippen molar-refractivity contribution in [2.24, 2.45) is 0 Å². The summed E-state index contributed by atoms with van der Waals surface area (Å²) in [4.78, 5) is 6.78. The zero-order valence-electron chi connectivity index (χ0n) is 15.7. The molecule has 0 saturated carbocycles. The molecule has 0 amide bonds. The van der Waals surface area contributed by atoms with Gasteiger partial charge < -0.3 is 15.7 Å². The van der Waals surface area contributed by atoms with Crippen molar-refractivity contribution in [2.45, 2.75) is 19.4 Å². The van der Waals surface area contributed by atoms with E-state index in [1.807, 2.05) is 11.4 Å². The summed E-state index contributed by atoms with van der Waals surface area (Å²) < 4.78 is 0.963. The molecule has 4 aromatic rings. The van der Waals surface area contributed by atoms with E-state index in [2.05, 4.69) is 61.2 Å². The molecule has 3 N–H and O–H groups in total. The average molecular weight is 378 g/mol. The minimum atomic E-state index is 0.258. The van der Waals surface area contributed by atoms with E-state index in [0.29, 0.717) is 11.9 Å². The van der Waals surface area contributed by atoms with Gasteiger partial charge in [-0.1, -0.05) is 31.2 Å². The van der Waals surface area contributed by atoms with Crippen LogP contribution in [-0.4, -0.2) is 29.1 Å². The fraction of sp³-hybridized carbons (Fsp3) is 0.227. The van der Waals surface area contributed by atoms with Crippen LogP contribution in [0.2, 0.25) is 0 Å². The Morgan fingerprint density at radius 2 is 1.85 bits per heavy atom. The highest BCUT2D eigenvalue weighted by Crippen LogP contribution is 2.42. The lowest BCUT2D eigenvalue weighted by Gasteiger charge is -2.23. The van der Waals surface area contributed by atoms with Gasteiger partial charge in [-0.25, -0.2) is 4.98 Å². The van der Waals surface area contributed by atoms with Crippen LogP contribution >= 0.6 is 11.3 Å². The van der Waals surface area contributed by atoms with Crippen molar-refractivity contribution in [2.75, 3.05) is 19.8 Å². The van der Waals surface area contributed by atoms with Crippen LogP contribution in [0.3, 0.4) is 0 Å². The zero-order valence-corrected chi connectivity index (χ0v) is 16.5. The first-order chi connectivity index (χ1) is 13.0. The number of nitrogens with zero attached hydrogens (tertiary/aromatic N) is 2. The molecule has 2 aromatic carbocycles. The van der Waals surface area contributed by atoms with Crippen molar-refractivity contribution < 1.29 is 5.11 Å². The number of thiophene rings is 1. The van der Waals surface area contributed by atoms with Crippen LogP contribution in [0.1, 0.15) is 24.9 Å². The minimum Gasteiger partial charge on any atom is -0.507 e. The van der Waals surface area contributed by atoms with E-state index in [1.165, 1.54) is 5.56 Å². The lowest BCUT2D eigenvalue weighted by atomic mass is 9.95. The van der Waals surface area contributed by atoms with Crippen LogP contribution in [0, 0.1) is 0 Å². The van der Waals surface area contributed by atoms with Gasteiger partial charge in [0, 0.05) is 22.4 Å². The molecule has 2 aromatic heterocycles. The van der Waals surface area contributed by atoms with Gasteiger partial charge in [-0.3, -0.25) is 0 Å². The maximum absolute atomic E-state index is 10.7. The number of fused-ring (bicyclic) bond motifs is 3. The predicted octanol–water partition coefficient (Wildman–Crippen LogP) is 5.42. The molecule has 4 nitrogen and oxygen atoms in total. The van der Waals surface area contributed by atoms with E-state index in [-0.39, 0.29) is 5.75 Å². The standard InChI is InChI=1S/C22H23N3OS/c1-4-17(25(2)3)13-5-7-14(8-6-13)19-18(26)10-9-16-20(19)15-11-12-27-21(15)22(23)24-16/h5-12,17,26H,4H2,1-3H3,(H2,23,24)/t17-/m1/s1. The van der Waals surface area contributed by atoms with Crippen molar-refractivity contribution in [3.8, 4) is 16.9 Å². The van der Waals surface area contributed by atoms with E-state index in [4.69, 9.17) is 5.73 Å². The van der Waals surface area contributed by atoms with Gasteiger partial charge in [-0.05, 0) is 55.2 Å². The number of aromatic hydroxyl groups is 1. The third-order valence-electron chi connectivity index (χ3n) is 5.16. The molecular formula is C22H23N3OS. The van der Waals surface area contributed by atoms with Gasteiger partial charge in [0.15, 0.2) is 0 Å². The topological polar surface area (TPSA) is 62.4 Å². The second-order valence-corrected chi connectivity index (χ2v) is 7.94. The first-order valence-electron chi connectivity index (χ1n) is 9.06. The third kappa shape index (κ3) is 2.93. The Bertz CT molecular complexity index is 1120. The van der Waals surface area contributed by atoms with E-state index in [9.17, 15) is 5.11 Å². The summed E-state index contributed by atoms with van der Waals surface area (Å²) in [6.07, 6.45) is 1.05. The molecule has 0 bridgehead atoms. The molecule has 4 rings (SSSR count). The summed E-state index contributed by atoms with van der Waals surface area (Å²) in [6, 6.07) is 14.4. The Morgan fingerprint density at radius 3 is 2.52 bits per heavy atom. The smallest absolute Gasteiger partial charge is 0.142 e. The van der Waals surface area contributed by atoms with Gasteiger partial charge in [0.05, 0.1) is 10.2 Å². The van der Waals surface area contributed by atoms with E-state index in [0.717, 1.165) is 38.5 Å². The summed E-state index contributed by atoms with van der Waals surface area (Å²) >= 11 is 1.58. The van der Waals surface area contributed by atoms with Crippen LogP contribution in [0.5, 0.6) is 5.75 Å². The number of phenolic OH excluding ortho intramolecular Hbond substituents is 1. The Kier molecular flexibility index (Phi) is 4.50. The van der Waals surface area contributed by atoms with Gasteiger partial charge in [-0.15, -0.1) is 11.3 Å². The van der Waals surface area contributed by atoms with Crippen LogP contribution < -0.4 is 5.73 Å². The molecule has 5 heteroatoms. The Balaban J connectivity index is 1.94. The highest BCUT2D eigenvalue weighted by atomic mass is 32.1. The molecule has 0 aliphatic carbocycles. The van der Waals surface area contributed by atoms with Gasteiger partial charge in [0.2, 0.25) is 0 Å². The summed E-state index contributed by atoms with van der Waals surface area (Å²) in [5.74, 6) is 0.797. The van der Waals surface area contributed by atoms with E-state index in [1.54, 1.807) is 17.4 Å². The zero-order chi connectivity index (χ0) is 19.1. The number of hydrogen-bond donors (Lipinski definition) is 2. The molecule has 0 spiro atoms. The minimum absolute atomic E-state index is 0.258. The monoisotopic (exact) mass is 377 g/mol. The molecule has 0 aliphatic rings. The lowest BCUT2D eigenvalue weighted by Crippen LogP contribution is -2.18. The average Bonchev–Trinajstić information content (AvgIpc) is 3.14. The van der Waals surface area contributed by atoms with Crippen molar-refractivity contribution in [1.29, 1.82) is 0 Å².